The average Bonchev–Trinajstić information content (AvgIpc) is 3.27. The Kier molecular flexibility index (Phi) is 5.37. The van der Waals surface area contributed by atoms with E-state index in [1.807, 2.05) is 29.1 Å². The number of amides is 1. The van der Waals surface area contributed by atoms with Crippen molar-refractivity contribution >= 4 is 35.0 Å². The monoisotopic (exact) mass is 400 g/mol. The molecule has 0 spiro atoms. The maximum Gasteiger partial charge on any atom is 0.276 e. The third-order valence-electron chi connectivity index (χ3n) is 5.74. The minimum Gasteiger partial charge on any atom is -0.342 e. The van der Waals surface area contributed by atoms with Gasteiger partial charge in [0.05, 0.1) is 17.1 Å². The van der Waals surface area contributed by atoms with Gasteiger partial charge in [0.2, 0.25) is 0 Å². The molecule has 0 bridgehead atoms. The molecule has 2 aromatic heterocycles. The van der Waals surface area contributed by atoms with E-state index in [4.69, 9.17) is 0 Å². The lowest BCUT2D eigenvalue weighted by atomic mass is 9.85. The molecule has 1 saturated heterocycles. The number of aromatic nitrogens is 4. The Bertz CT molecular complexity index is 970. The lowest BCUT2D eigenvalue weighted by Crippen LogP contribution is -2.32. The third-order valence-corrected chi connectivity index (χ3v) is 5.74. The molecular formula is C20H25ClN6O. The van der Waals surface area contributed by atoms with Crippen LogP contribution in [0.15, 0.2) is 30.5 Å². The molecule has 7 nitrogen and oxygen atoms in total. The Labute approximate surface area is 169 Å². The molecule has 0 radical (unpaired) electrons. The van der Waals surface area contributed by atoms with E-state index in [1.54, 1.807) is 6.07 Å². The van der Waals surface area contributed by atoms with Crippen LogP contribution in [-0.4, -0.2) is 38.7 Å². The van der Waals surface area contributed by atoms with Crippen molar-refractivity contribution in [1.29, 1.82) is 0 Å². The van der Waals surface area contributed by atoms with E-state index in [-0.39, 0.29) is 18.3 Å². The van der Waals surface area contributed by atoms with Gasteiger partial charge in [-0.2, -0.15) is 5.10 Å². The summed E-state index contributed by atoms with van der Waals surface area (Å²) in [5.41, 5.74) is 3.11. The Hall–Kier alpha value is -2.38. The summed E-state index contributed by atoms with van der Waals surface area (Å²) >= 11 is 0. The highest BCUT2D eigenvalue weighted by Gasteiger charge is 2.23. The number of nitrogens with zero attached hydrogens (tertiary/aromatic N) is 3. The maximum atomic E-state index is 12.6. The molecule has 1 atom stereocenters. The van der Waals surface area contributed by atoms with Gasteiger partial charge >= 0.3 is 0 Å². The molecule has 148 valence electrons. The smallest absolute Gasteiger partial charge is 0.276 e. The number of anilines is 1. The summed E-state index contributed by atoms with van der Waals surface area (Å²) in [6.45, 7) is 1.96. The molecule has 2 aliphatic rings. The van der Waals surface area contributed by atoms with Crippen LogP contribution in [-0.2, 0) is 0 Å². The predicted octanol–water partition coefficient (Wildman–Crippen LogP) is 3.63. The second-order valence-corrected chi connectivity index (χ2v) is 7.62. The van der Waals surface area contributed by atoms with E-state index in [1.165, 1.54) is 19.3 Å². The highest BCUT2D eigenvalue weighted by molar-refractivity contribution is 6.03. The molecule has 3 aromatic rings. The third kappa shape index (κ3) is 3.64. The molecule has 1 aliphatic heterocycles. The molecule has 5 rings (SSSR count). The first-order chi connectivity index (χ1) is 13.3. The van der Waals surface area contributed by atoms with Gasteiger partial charge in [-0.3, -0.25) is 9.48 Å². The summed E-state index contributed by atoms with van der Waals surface area (Å²) in [4.78, 5) is 20.7. The number of imidazole rings is 1. The molecule has 28 heavy (non-hydrogen) atoms. The van der Waals surface area contributed by atoms with Gasteiger partial charge < -0.3 is 15.6 Å². The number of aromatic amines is 1. The van der Waals surface area contributed by atoms with Gasteiger partial charge in [-0.25, -0.2) is 4.98 Å². The molecule has 1 unspecified atom stereocenters. The molecule has 1 saturated carbocycles. The first-order valence-corrected chi connectivity index (χ1v) is 9.83. The van der Waals surface area contributed by atoms with Gasteiger partial charge in [0.1, 0.15) is 5.82 Å². The van der Waals surface area contributed by atoms with Crippen molar-refractivity contribution in [2.45, 2.75) is 44.1 Å². The van der Waals surface area contributed by atoms with E-state index in [0.717, 1.165) is 48.5 Å². The zero-order chi connectivity index (χ0) is 18.2. The van der Waals surface area contributed by atoms with Crippen LogP contribution >= 0.6 is 12.4 Å². The Balaban J connectivity index is 0.00000192. The number of rotatable bonds is 4. The van der Waals surface area contributed by atoms with Gasteiger partial charge in [0.25, 0.3) is 5.91 Å². The van der Waals surface area contributed by atoms with Crippen LogP contribution in [0, 0.1) is 0 Å². The molecule has 2 fully saturated rings. The number of carbonyl (C=O) groups is 1. The van der Waals surface area contributed by atoms with Crippen LogP contribution in [0.3, 0.4) is 0 Å². The van der Waals surface area contributed by atoms with Gasteiger partial charge in [0.15, 0.2) is 5.69 Å². The summed E-state index contributed by atoms with van der Waals surface area (Å²) in [5.74, 6) is 1.45. The zero-order valence-corrected chi connectivity index (χ0v) is 16.5. The Morgan fingerprint density at radius 1 is 1.18 bits per heavy atom. The summed E-state index contributed by atoms with van der Waals surface area (Å²) in [7, 11) is 0. The van der Waals surface area contributed by atoms with E-state index < -0.39 is 0 Å². The van der Waals surface area contributed by atoms with Crippen molar-refractivity contribution in [3.05, 3.63) is 42.0 Å². The molecular weight excluding hydrogens is 376 g/mol. The predicted molar refractivity (Wildman–Crippen MR) is 111 cm³/mol. The van der Waals surface area contributed by atoms with Gasteiger partial charge in [0, 0.05) is 24.3 Å². The van der Waals surface area contributed by atoms with Crippen LogP contribution in [0.4, 0.5) is 5.69 Å². The fourth-order valence-electron chi connectivity index (χ4n) is 3.90. The summed E-state index contributed by atoms with van der Waals surface area (Å²) in [6, 6.07) is 7.91. The summed E-state index contributed by atoms with van der Waals surface area (Å²) in [5, 5.41) is 10.8. The normalized spacial score (nSPS) is 19.8. The number of nitrogens with one attached hydrogen (secondary N) is 3. The summed E-state index contributed by atoms with van der Waals surface area (Å²) < 4.78 is 1.91. The van der Waals surface area contributed by atoms with Crippen molar-refractivity contribution in [3.8, 4) is 0 Å². The molecule has 1 aliphatic carbocycles. The maximum absolute atomic E-state index is 12.6. The number of halogens is 1. The molecule has 3 N–H and O–H groups in total. The highest BCUT2D eigenvalue weighted by Crippen LogP contribution is 2.35. The first kappa shape index (κ1) is 19.0. The van der Waals surface area contributed by atoms with E-state index in [2.05, 4.69) is 25.7 Å². The lowest BCUT2D eigenvalue weighted by molar-refractivity contribution is 0.102. The van der Waals surface area contributed by atoms with Gasteiger partial charge in [-0.15, -0.1) is 12.4 Å². The van der Waals surface area contributed by atoms with Crippen molar-refractivity contribution in [3.63, 3.8) is 0 Å². The fourth-order valence-corrected chi connectivity index (χ4v) is 3.90. The second kappa shape index (κ2) is 7.93. The van der Waals surface area contributed by atoms with E-state index >= 15 is 0 Å². The largest absolute Gasteiger partial charge is 0.342 e. The van der Waals surface area contributed by atoms with Crippen molar-refractivity contribution in [2.24, 2.45) is 0 Å². The van der Waals surface area contributed by atoms with Gasteiger partial charge in [-0.1, -0.05) is 6.42 Å². The quantitative estimate of drug-likeness (QED) is 0.624. The summed E-state index contributed by atoms with van der Waals surface area (Å²) in [6.07, 6.45) is 7.84. The van der Waals surface area contributed by atoms with Crippen LogP contribution in [0.25, 0.3) is 11.0 Å². The molecule has 8 heteroatoms. The van der Waals surface area contributed by atoms with Crippen LogP contribution in [0.2, 0.25) is 0 Å². The number of fused-ring (bicyclic) bond motifs is 1. The number of hydrogen-bond donors (Lipinski definition) is 3. The minimum atomic E-state index is -0.185. The van der Waals surface area contributed by atoms with E-state index in [9.17, 15) is 4.79 Å². The SMILES string of the molecule is Cl.O=C(Nc1ccc2nc(C3CCC3)[nH]c2c1)c1ccn(C2CCCNC2)n1. The minimum absolute atomic E-state index is 0. The zero-order valence-electron chi connectivity index (χ0n) is 15.6. The van der Waals surface area contributed by atoms with Crippen LogP contribution < -0.4 is 10.6 Å². The number of piperidine rings is 1. The fraction of sp³-hybridized carbons (Fsp3) is 0.450. The Morgan fingerprint density at radius 2 is 2.07 bits per heavy atom. The second-order valence-electron chi connectivity index (χ2n) is 7.62. The molecule has 1 amide bonds. The average molecular weight is 401 g/mol. The molecule has 3 heterocycles. The van der Waals surface area contributed by atoms with Crippen molar-refractivity contribution in [2.75, 3.05) is 18.4 Å². The van der Waals surface area contributed by atoms with Crippen molar-refractivity contribution in [1.82, 2.24) is 25.1 Å². The van der Waals surface area contributed by atoms with Crippen molar-refractivity contribution < 1.29 is 4.79 Å². The number of carbonyl (C=O) groups excluding carboxylic acids is 1. The first-order valence-electron chi connectivity index (χ1n) is 9.83. The lowest BCUT2D eigenvalue weighted by Gasteiger charge is -2.22. The standard InChI is InChI=1S/C20H24N6O.ClH/c27-20(17-8-10-26(25-17)15-5-2-9-21-12-15)22-14-6-7-16-18(11-14)24-19(23-16)13-3-1-4-13;/h6-8,10-11,13,15,21H,1-5,9,12H2,(H,22,27)(H,23,24);1H. The number of hydrogen-bond acceptors (Lipinski definition) is 4. The topological polar surface area (TPSA) is 87.6 Å². The van der Waals surface area contributed by atoms with Crippen LogP contribution in [0.1, 0.15) is 60.4 Å². The number of H-pyrrole nitrogens is 1. The Morgan fingerprint density at radius 3 is 2.82 bits per heavy atom. The number of benzene rings is 1. The highest BCUT2D eigenvalue weighted by atomic mass is 35.5. The van der Waals surface area contributed by atoms with Crippen LogP contribution in [0.5, 0.6) is 0 Å². The molecule has 1 aromatic carbocycles. The van der Waals surface area contributed by atoms with E-state index in [0.29, 0.717) is 17.7 Å². The van der Waals surface area contributed by atoms with Gasteiger partial charge in [-0.05, 0) is 56.5 Å².